The zero-order valence-corrected chi connectivity index (χ0v) is 19.8. The molecule has 0 aliphatic carbocycles. The van der Waals surface area contributed by atoms with Crippen molar-refractivity contribution in [2.75, 3.05) is 11.9 Å². The number of aromatic amines is 1. The molecule has 2 aromatic heterocycles. The van der Waals surface area contributed by atoms with Gasteiger partial charge in [-0.25, -0.2) is 15.0 Å². The first kappa shape index (κ1) is 25.2. The smallest absolute Gasteiger partial charge is 0.417 e. The fourth-order valence-corrected chi connectivity index (χ4v) is 3.62. The molecule has 0 atom stereocenters. The van der Waals surface area contributed by atoms with Gasteiger partial charge in [-0.15, -0.1) is 0 Å². The van der Waals surface area contributed by atoms with Crippen LogP contribution in [-0.2, 0) is 19.0 Å². The Bertz CT molecular complexity index is 1390. The van der Waals surface area contributed by atoms with Gasteiger partial charge in [-0.2, -0.15) is 13.2 Å². The third-order valence-corrected chi connectivity index (χ3v) is 5.53. The molecular weight excluding hydrogens is 495 g/mol. The molecule has 0 aliphatic heterocycles. The Labute approximate surface area is 209 Å². The zero-order valence-electron chi connectivity index (χ0n) is 19.1. The second-order valence-corrected chi connectivity index (χ2v) is 8.37. The van der Waals surface area contributed by atoms with E-state index in [0.717, 1.165) is 23.3 Å². The molecule has 0 radical (unpaired) electrons. The van der Waals surface area contributed by atoms with Crippen LogP contribution in [0.2, 0.25) is 5.02 Å². The van der Waals surface area contributed by atoms with E-state index in [1.807, 2.05) is 12.1 Å². The van der Waals surface area contributed by atoms with Crippen molar-refractivity contribution >= 4 is 17.5 Å². The topological polar surface area (TPSA) is 92.8 Å². The summed E-state index contributed by atoms with van der Waals surface area (Å²) in [6.45, 7) is 2.31. The maximum absolute atomic E-state index is 12.8. The molecule has 7 nitrogen and oxygen atoms in total. The van der Waals surface area contributed by atoms with Crippen molar-refractivity contribution in [3.63, 3.8) is 0 Å². The number of aromatic nitrogens is 4. The molecule has 11 heteroatoms. The largest absolute Gasteiger partial charge is 0.457 e. The molecule has 0 bridgehead atoms. The fraction of sp³-hybridized carbons (Fsp3) is 0.200. The van der Waals surface area contributed by atoms with Gasteiger partial charge >= 0.3 is 6.18 Å². The Hall–Kier alpha value is -3.92. The van der Waals surface area contributed by atoms with Gasteiger partial charge in [0.1, 0.15) is 17.3 Å². The number of alkyl halides is 3. The van der Waals surface area contributed by atoms with Crippen molar-refractivity contribution in [1.82, 2.24) is 19.9 Å². The van der Waals surface area contributed by atoms with E-state index in [0.29, 0.717) is 42.5 Å². The normalized spacial score (nSPS) is 11.4. The number of aryl methyl sites for hydroxylation is 1. The Morgan fingerprint density at radius 3 is 2.31 bits per heavy atom. The van der Waals surface area contributed by atoms with Crippen LogP contribution in [-0.4, -0.2) is 26.5 Å². The molecule has 2 heterocycles. The van der Waals surface area contributed by atoms with Gasteiger partial charge in [0.25, 0.3) is 5.56 Å². The van der Waals surface area contributed by atoms with E-state index >= 15 is 0 Å². The Balaban J connectivity index is 1.29. The summed E-state index contributed by atoms with van der Waals surface area (Å²) < 4.78 is 44.1. The van der Waals surface area contributed by atoms with Crippen molar-refractivity contribution in [1.29, 1.82) is 0 Å². The standard InChI is InChI=1S/C25H21ClF3N5O2/c1-15-31-12-17(13-32-15)10-18-14-33-24(34-23(18)35)30-9-8-16-2-4-19(5-3-16)36-20-6-7-21(22(26)11-20)25(27,28)29/h2-7,11-14H,8-10H2,1H3,(H2,30,33,34,35). The summed E-state index contributed by atoms with van der Waals surface area (Å²) >= 11 is 5.73. The average molecular weight is 516 g/mol. The molecule has 2 N–H and O–H groups in total. The highest BCUT2D eigenvalue weighted by Crippen LogP contribution is 2.37. The molecule has 0 saturated carbocycles. The molecule has 36 heavy (non-hydrogen) atoms. The van der Waals surface area contributed by atoms with Gasteiger partial charge in [0.2, 0.25) is 5.95 Å². The van der Waals surface area contributed by atoms with Crippen molar-refractivity contribution in [3.05, 3.63) is 105 Å². The maximum atomic E-state index is 12.8. The Morgan fingerprint density at radius 1 is 0.972 bits per heavy atom. The van der Waals surface area contributed by atoms with Gasteiger partial charge in [0, 0.05) is 43.2 Å². The lowest BCUT2D eigenvalue weighted by molar-refractivity contribution is -0.137. The van der Waals surface area contributed by atoms with E-state index < -0.39 is 16.8 Å². The number of hydrogen-bond acceptors (Lipinski definition) is 6. The highest BCUT2D eigenvalue weighted by Gasteiger charge is 2.33. The SMILES string of the molecule is Cc1ncc(Cc2cnc(NCCc3ccc(Oc4ccc(C(F)(F)F)c(Cl)c4)cc3)[nH]c2=O)cn1. The lowest BCUT2D eigenvalue weighted by Gasteiger charge is -2.11. The second kappa shape index (κ2) is 10.8. The zero-order chi connectivity index (χ0) is 25.7. The first-order valence-electron chi connectivity index (χ1n) is 10.9. The minimum absolute atomic E-state index is 0.204. The highest BCUT2D eigenvalue weighted by molar-refractivity contribution is 6.31. The van der Waals surface area contributed by atoms with Gasteiger partial charge in [-0.3, -0.25) is 9.78 Å². The predicted molar refractivity (Wildman–Crippen MR) is 130 cm³/mol. The molecule has 4 rings (SSSR count). The van der Waals surface area contributed by atoms with Crippen LogP contribution in [0.1, 0.15) is 28.1 Å². The van der Waals surface area contributed by atoms with Gasteiger partial charge in [-0.05, 0) is 48.7 Å². The molecule has 2 aromatic carbocycles. The van der Waals surface area contributed by atoms with E-state index in [4.69, 9.17) is 16.3 Å². The lowest BCUT2D eigenvalue weighted by atomic mass is 10.1. The first-order chi connectivity index (χ1) is 17.2. The number of H-pyrrole nitrogens is 1. The Morgan fingerprint density at radius 2 is 1.67 bits per heavy atom. The summed E-state index contributed by atoms with van der Waals surface area (Å²) in [4.78, 5) is 27.6. The van der Waals surface area contributed by atoms with Crippen molar-refractivity contribution in [2.45, 2.75) is 25.9 Å². The summed E-state index contributed by atoms with van der Waals surface area (Å²) in [7, 11) is 0. The van der Waals surface area contributed by atoms with Crippen LogP contribution < -0.4 is 15.6 Å². The third kappa shape index (κ3) is 6.60. The van der Waals surface area contributed by atoms with Crippen LogP contribution in [0.4, 0.5) is 19.1 Å². The number of nitrogens with zero attached hydrogens (tertiary/aromatic N) is 3. The molecule has 186 valence electrons. The summed E-state index contributed by atoms with van der Waals surface area (Å²) in [5.74, 6) is 1.69. The first-order valence-corrected chi connectivity index (χ1v) is 11.3. The van der Waals surface area contributed by atoms with E-state index in [2.05, 4.69) is 25.3 Å². The van der Waals surface area contributed by atoms with Crippen LogP contribution in [0, 0.1) is 6.92 Å². The third-order valence-electron chi connectivity index (χ3n) is 5.21. The molecule has 0 fully saturated rings. The van der Waals surface area contributed by atoms with E-state index in [-0.39, 0.29) is 11.3 Å². The number of anilines is 1. The van der Waals surface area contributed by atoms with Crippen LogP contribution >= 0.6 is 11.6 Å². The molecule has 0 saturated heterocycles. The van der Waals surface area contributed by atoms with Crippen LogP contribution in [0.3, 0.4) is 0 Å². The minimum Gasteiger partial charge on any atom is -0.457 e. The maximum Gasteiger partial charge on any atom is 0.417 e. The van der Waals surface area contributed by atoms with Crippen LogP contribution in [0.15, 0.2) is 65.8 Å². The predicted octanol–water partition coefficient (Wildman–Crippen LogP) is 5.58. The number of benzene rings is 2. The number of ether oxygens (including phenoxy) is 1. The van der Waals surface area contributed by atoms with Gasteiger partial charge < -0.3 is 10.1 Å². The average Bonchev–Trinajstić information content (AvgIpc) is 2.82. The Kier molecular flexibility index (Phi) is 7.54. The lowest BCUT2D eigenvalue weighted by Crippen LogP contribution is -2.18. The molecular formula is C25H21ClF3N5O2. The minimum atomic E-state index is -4.52. The van der Waals surface area contributed by atoms with Crippen LogP contribution in [0.25, 0.3) is 0 Å². The quantitative estimate of drug-likeness (QED) is 0.318. The molecule has 4 aromatic rings. The highest BCUT2D eigenvalue weighted by atomic mass is 35.5. The van der Waals surface area contributed by atoms with E-state index in [9.17, 15) is 18.0 Å². The number of hydrogen-bond donors (Lipinski definition) is 2. The van der Waals surface area contributed by atoms with Gasteiger partial charge in [-0.1, -0.05) is 23.7 Å². The second-order valence-electron chi connectivity index (χ2n) is 7.96. The molecule has 0 unspecified atom stereocenters. The van der Waals surface area contributed by atoms with Crippen molar-refractivity contribution < 1.29 is 17.9 Å². The molecule has 0 aliphatic rings. The van der Waals surface area contributed by atoms with Crippen LogP contribution in [0.5, 0.6) is 11.5 Å². The van der Waals surface area contributed by atoms with E-state index in [1.54, 1.807) is 31.5 Å². The number of halogens is 4. The number of nitrogens with one attached hydrogen (secondary N) is 2. The summed E-state index contributed by atoms with van der Waals surface area (Å²) in [6.07, 6.45) is 1.40. The van der Waals surface area contributed by atoms with Crippen molar-refractivity contribution in [3.8, 4) is 11.5 Å². The van der Waals surface area contributed by atoms with Gasteiger partial charge in [0.15, 0.2) is 0 Å². The monoisotopic (exact) mass is 515 g/mol. The van der Waals surface area contributed by atoms with E-state index in [1.165, 1.54) is 12.3 Å². The summed E-state index contributed by atoms with van der Waals surface area (Å²) in [5.41, 5.74) is 1.17. The summed E-state index contributed by atoms with van der Waals surface area (Å²) in [6, 6.07) is 10.3. The molecule has 0 spiro atoms. The van der Waals surface area contributed by atoms with Crippen molar-refractivity contribution in [2.24, 2.45) is 0 Å². The molecule has 0 amide bonds. The number of rotatable bonds is 8. The fourth-order valence-electron chi connectivity index (χ4n) is 3.34. The van der Waals surface area contributed by atoms with Gasteiger partial charge in [0.05, 0.1) is 10.6 Å². The summed E-state index contributed by atoms with van der Waals surface area (Å²) in [5, 5.41) is 2.66.